The number of fused-ring (bicyclic) bond motifs is 2. The van der Waals surface area contributed by atoms with Gasteiger partial charge in [0.2, 0.25) is 5.91 Å². The number of halogens is 1. The van der Waals surface area contributed by atoms with Gasteiger partial charge in [0.25, 0.3) is 0 Å². The number of benzene rings is 1. The molecule has 3 heterocycles. The molecule has 5 rings (SSSR count). The summed E-state index contributed by atoms with van der Waals surface area (Å²) >= 11 is 5.16. The monoisotopic (exact) mass is 727 g/mol. The SMILES string of the molecule is CCOC(=O)[C@@]12C[C@H]1/C=C\CCCCN(C)C(=O)N[C@@H](CCOc1cc(-c3nc(C(C)C)cs3)nc3c(Br)c(OC)ccc13)C(=O)N2. The summed E-state index contributed by atoms with van der Waals surface area (Å²) in [5.41, 5.74) is 1.13. The van der Waals surface area contributed by atoms with Crippen LogP contribution < -0.4 is 20.1 Å². The molecule has 11 nitrogen and oxygen atoms in total. The Balaban J connectivity index is 1.42. The predicted molar refractivity (Wildman–Crippen MR) is 185 cm³/mol. The minimum Gasteiger partial charge on any atom is -0.495 e. The van der Waals surface area contributed by atoms with E-state index < -0.39 is 23.5 Å². The molecular weight excluding hydrogens is 686 g/mol. The molecule has 252 valence electrons. The van der Waals surface area contributed by atoms with Gasteiger partial charge >= 0.3 is 12.0 Å². The van der Waals surface area contributed by atoms with Crippen molar-refractivity contribution in [2.45, 2.75) is 70.4 Å². The van der Waals surface area contributed by atoms with Gasteiger partial charge in [0.15, 0.2) is 0 Å². The maximum Gasteiger partial charge on any atom is 0.332 e. The zero-order chi connectivity index (χ0) is 33.7. The third kappa shape index (κ3) is 7.72. The Bertz CT molecular complexity index is 1660. The fourth-order valence-electron chi connectivity index (χ4n) is 5.57. The van der Waals surface area contributed by atoms with Crippen LogP contribution in [0.5, 0.6) is 11.5 Å². The molecule has 2 aromatic heterocycles. The van der Waals surface area contributed by atoms with Crippen molar-refractivity contribution in [3.63, 3.8) is 0 Å². The first kappa shape index (κ1) is 34.6. The number of methoxy groups -OCH3 is 1. The summed E-state index contributed by atoms with van der Waals surface area (Å²) in [6.07, 6.45) is 7.19. The van der Waals surface area contributed by atoms with Crippen molar-refractivity contribution >= 4 is 56.1 Å². The van der Waals surface area contributed by atoms with Crippen LogP contribution in [0.4, 0.5) is 4.79 Å². The fraction of sp³-hybridized carbons (Fsp3) is 0.500. The highest BCUT2D eigenvalue weighted by Crippen LogP contribution is 2.46. The lowest BCUT2D eigenvalue weighted by molar-refractivity contribution is -0.149. The van der Waals surface area contributed by atoms with E-state index in [4.69, 9.17) is 24.2 Å². The van der Waals surface area contributed by atoms with E-state index in [1.165, 1.54) is 11.3 Å². The number of allylic oxidation sites excluding steroid dienone is 1. The molecule has 0 bridgehead atoms. The van der Waals surface area contributed by atoms with Crippen LogP contribution in [-0.4, -0.2) is 78.3 Å². The number of hydrogen-bond acceptors (Lipinski definition) is 9. The number of rotatable bonds is 9. The summed E-state index contributed by atoms with van der Waals surface area (Å²) in [6, 6.07) is 4.23. The van der Waals surface area contributed by atoms with E-state index in [-0.39, 0.29) is 37.5 Å². The van der Waals surface area contributed by atoms with Crippen molar-refractivity contribution in [2.75, 3.05) is 33.9 Å². The average Bonchev–Trinajstić information content (AvgIpc) is 3.50. The van der Waals surface area contributed by atoms with Crippen molar-refractivity contribution in [1.29, 1.82) is 0 Å². The van der Waals surface area contributed by atoms with E-state index in [2.05, 4.69) is 40.4 Å². The minimum atomic E-state index is -1.15. The predicted octanol–water partition coefficient (Wildman–Crippen LogP) is 6.21. The topological polar surface area (TPSA) is 132 Å². The summed E-state index contributed by atoms with van der Waals surface area (Å²) < 4.78 is 17.9. The fourth-order valence-corrected chi connectivity index (χ4v) is 7.11. The second-order valence-electron chi connectivity index (χ2n) is 12.2. The van der Waals surface area contributed by atoms with E-state index in [9.17, 15) is 14.4 Å². The van der Waals surface area contributed by atoms with Crippen LogP contribution in [0.3, 0.4) is 0 Å². The van der Waals surface area contributed by atoms with E-state index in [1.807, 2.05) is 35.7 Å². The lowest BCUT2D eigenvalue weighted by Crippen LogP contribution is -2.56. The quantitative estimate of drug-likeness (QED) is 0.197. The summed E-state index contributed by atoms with van der Waals surface area (Å²) in [7, 11) is 3.30. The van der Waals surface area contributed by atoms with Gasteiger partial charge in [-0.2, -0.15) is 0 Å². The maximum absolute atomic E-state index is 13.8. The Hall–Kier alpha value is -3.71. The molecule has 2 aliphatic rings. The van der Waals surface area contributed by atoms with Crippen molar-refractivity contribution in [3.8, 4) is 22.2 Å². The van der Waals surface area contributed by atoms with E-state index in [1.54, 1.807) is 26.0 Å². The molecule has 13 heteroatoms. The first-order chi connectivity index (χ1) is 22.6. The van der Waals surface area contributed by atoms with Crippen molar-refractivity contribution in [3.05, 3.63) is 45.9 Å². The number of ether oxygens (including phenoxy) is 3. The largest absolute Gasteiger partial charge is 0.495 e. The molecule has 1 aliphatic heterocycles. The number of thiazole rings is 1. The van der Waals surface area contributed by atoms with Crippen molar-refractivity contribution < 1.29 is 28.6 Å². The molecule has 2 N–H and O–H groups in total. The first-order valence-electron chi connectivity index (χ1n) is 16.0. The van der Waals surface area contributed by atoms with E-state index in [0.29, 0.717) is 40.1 Å². The van der Waals surface area contributed by atoms with Crippen LogP contribution in [0.15, 0.2) is 40.2 Å². The van der Waals surface area contributed by atoms with Gasteiger partial charge in [-0.3, -0.25) is 4.79 Å². The standard InChI is InChI=1S/C34H42BrN5O6S/c1-6-45-32(42)34-18-21(34)11-9-7-8-10-15-40(4)33(43)38-23(30(41)39-34)14-16-46-27-17-24(31-37-25(19-47-31)20(2)3)36-29-22(27)12-13-26(44-5)28(29)35/h9,11-13,17,19-21,23H,6-8,10,14-16,18H2,1-5H3,(H,38,43)(H,39,41)/b11-9-/t21-,23+,34-/m1/s1. The maximum atomic E-state index is 13.8. The highest BCUT2D eigenvalue weighted by Gasteiger charge is 2.61. The molecule has 1 saturated carbocycles. The van der Waals surface area contributed by atoms with Gasteiger partial charge < -0.3 is 29.7 Å². The second-order valence-corrected chi connectivity index (χ2v) is 13.8. The first-order valence-corrected chi connectivity index (χ1v) is 17.7. The van der Waals surface area contributed by atoms with Gasteiger partial charge in [0.1, 0.15) is 33.8 Å². The Morgan fingerprint density at radius 2 is 2.02 bits per heavy atom. The van der Waals surface area contributed by atoms with Gasteiger partial charge in [0.05, 0.1) is 36.0 Å². The molecule has 1 aliphatic carbocycles. The number of pyridine rings is 1. The van der Waals surface area contributed by atoms with Gasteiger partial charge in [0, 0.05) is 42.8 Å². The van der Waals surface area contributed by atoms with E-state index >= 15 is 0 Å². The van der Waals surface area contributed by atoms with Crippen LogP contribution >= 0.6 is 27.3 Å². The molecule has 0 spiro atoms. The molecule has 0 saturated heterocycles. The Kier molecular flexibility index (Phi) is 11.1. The number of amides is 3. The van der Waals surface area contributed by atoms with Crippen molar-refractivity contribution in [1.82, 2.24) is 25.5 Å². The molecule has 0 radical (unpaired) electrons. The van der Waals surface area contributed by atoms with Crippen LogP contribution in [-0.2, 0) is 14.3 Å². The smallest absolute Gasteiger partial charge is 0.332 e. The van der Waals surface area contributed by atoms with Crippen LogP contribution in [0.1, 0.15) is 64.5 Å². The summed E-state index contributed by atoms with van der Waals surface area (Å²) in [6.45, 7) is 6.78. The molecule has 0 unspecified atom stereocenters. The normalized spacial score (nSPS) is 22.6. The number of esters is 1. The lowest BCUT2D eigenvalue weighted by Gasteiger charge is -2.26. The van der Waals surface area contributed by atoms with Gasteiger partial charge in [-0.1, -0.05) is 26.0 Å². The van der Waals surface area contributed by atoms with Crippen molar-refractivity contribution in [2.24, 2.45) is 5.92 Å². The van der Waals surface area contributed by atoms with Crippen LogP contribution in [0, 0.1) is 5.92 Å². The van der Waals surface area contributed by atoms with E-state index in [0.717, 1.165) is 35.4 Å². The number of urea groups is 1. The summed E-state index contributed by atoms with van der Waals surface area (Å²) in [5, 5.41) is 9.35. The molecule has 1 aromatic carbocycles. The average molecular weight is 729 g/mol. The molecule has 3 aromatic rings. The van der Waals surface area contributed by atoms with Gasteiger partial charge in [-0.05, 0) is 66.6 Å². The highest BCUT2D eigenvalue weighted by atomic mass is 79.9. The number of carbonyl (C=O) groups is 3. The Morgan fingerprint density at radius 1 is 1.21 bits per heavy atom. The summed E-state index contributed by atoms with van der Waals surface area (Å²) in [4.78, 5) is 51.3. The number of nitrogens with zero attached hydrogens (tertiary/aromatic N) is 3. The Morgan fingerprint density at radius 3 is 2.74 bits per heavy atom. The number of aromatic nitrogens is 2. The minimum absolute atomic E-state index is 0.0924. The third-order valence-corrected chi connectivity index (χ3v) is 10.2. The van der Waals surface area contributed by atoms with Gasteiger partial charge in [-0.15, -0.1) is 11.3 Å². The van der Waals surface area contributed by atoms with Gasteiger partial charge in [-0.25, -0.2) is 19.6 Å². The third-order valence-electron chi connectivity index (χ3n) is 8.51. The number of nitrogens with one attached hydrogen (secondary N) is 2. The number of carbonyl (C=O) groups excluding carboxylic acids is 3. The second kappa shape index (κ2) is 15.0. The molecule has 47 heavy (non-hydrogen) atoms. The summed E-state index contributed by atoms with van der Waals surface area (Å²) in [5.74, 6) is 0.356. The zero-order valence-corrected chi connectivity index (χ0v) is 29.8. The molecule has 1 fully saturated rings. The molecule has 3 atom stereocenters. The molecular formula is C34H42BrN5O6S. The lowest BCUT2D eigenvalue weighted by atomic mass is 10.1. The number of hydrogen-bond donors (Lipinski definition) is 2. The molecule has 3 amide bonds. The van der Waals surface area contributed by atoms with Crippen LogP contribution in [0.25, 0.3) is 21.6 Å². The highest BCUT2D eigenvalue weighted by molar-refractivity contribution is 9.10. The zero-order valence-electron chi connectivity index (χ0n) is 27.4. The Labute approximate surface area is 287 Å². The van der Waals surface area contributed by atoms with Crippen LogP contribution in [0.2, 0.25) is 0 Å².